The number of pyridine rings is 1. The quantitative estimate of drug-likeness (QED) is 0.173. The number of nitrogens with zero attached hydrogens (tertiary/aromatic N) is 7. The Morgan fingerprint density at radius 2 is 1.65 bits per heavy atom. The third-order valence-electron chi connectivity index (χ3n) is 14.8. The second-order valence-electron chi connectivity index (χ2n) is 19.6. The number of benzene rings is 2. The van der Waals surface area contributed by atoms with E-state index in [1.54, 1.807) is 29.0 Å². The summed E-state index contributed by atoms with van der Waals surface area (Å²) in [7, 11) is 1.52. The van der Waals surface area contributed by atoms with E-state index in [9.17, 15) is 28.8 Å². The van der Waals surface area contributed by atoms with Crippen molar-refractivity contribution in [1.82, 2.24) is 35.0 Å². The highest BCUT2D eigenvalue weighted by atomic mass is 35.5. The summed E-state index contributed by atoms with van der Waals surface area (Å²) in [5.74, 6) is -0.440. The number of halogens is 1. The lowest BCUT2D eigenvalue weighted by atomic mass is 9.47. The third kappa shape index (κ3) is 8.03. The molecule has 4 saturated heterocycles. The van der Waals surface area contributed by atoms with Gasteiger partial charge in [0.1, 0.15) is 11.1 Å². The van der Waals surface area contributed by atoms with Gasteiger partial charge in [-0.2, -0.15) is 4.98 Å². The van der Waals surface area contributed by atoms with Gasteiger partial charge in [-0.3, -0.25) is 39.0 Å². The van der Waals surface area contributed by atoms with E-state index < -0.39 is 23.8 Å². The fourth-order valence-electron chi connectivity index (χ4n) is 11.6. The molecular weight excluding hydrogens is 864 g/mol. The zero-order chi connectivity index (χ0) is 46.1. The number of carbonyl (C=O) groups excluding carboxylic acids is 5. The number of anilines is 4. The number of aromatic nitrogens is 3. The predicted molar refractivity (Wildman–Crippen MR) is 249 cm³/mol. The molecule has 10 rings (SSSR count). The molecule has 0 bridgehead atoms. The maximum absolute atomic E-state index is 13.4. The molecule has 6 aliphatic rings. The number of imide groups is 2. The molecular formula is C48H55ClN10O7. The van der Waals surface area contributed by atoms with Crippen LogP contribution < -0.4 is 36.0 Å². The lowest BCUT2D eigenvalue weighted by Gasteiger charge is -2.66. The van der Waals surface area contributed by atoms with E-state index in [0.29, 0.717) is 44.7 Å². The van der Waals surface area contributed by atoms with Crippen molar-refractivity contribution in [1.29, 1.82) is 0 Å². The Labute approximate surface area is 387 Å². The molecule has 4 aromatic rings. The summed E-state index contributed by atoms with van der Waals surface area (Å²) in [4.78, 5) is 93.5. The summed E-state index contributed by atoms with van der Waals surface area (Å²) >= 11 is 6.63. The number of nitrogens with one attached hydrogen (secondary N) is 3. The van der Waals surface area contributed by atoms with Crippen LogP contribution in [0.15, 0.2) is 53.5 Å². The van der Waals surface area contributed by atoms with Crippen LogP contribution in [-0.4, -0.2) is 119 Å². The number of hydrogen-bond donors (Lipinski definition) is 3. The average Bonchev–Trinajstić information content (AvgIpc) is 3.52. The number of hydrogen-bond acceptors (Lipinski definition) is 13. The van der Waals surface area contributed by atoms with Gasteiger partial charge >= 0.3 is 0 Å². The minimum absolute atomic E-state index is 0.0973. The Kier molecular flexibility index (Phi) is 11.3. The molecule has 66 heavy (non-hydrogen) atoms. The number of likely N-dealkylation sites (tertiary alicyclic amines) is 1. The second kappa shape index (κ2) is 17.0. The summed E-state index contributed by atoms with van der Waals surface area (Å²) in [6.07, 6.45) is 8.87. The summed E-state index contributed by atoms with van der Waals surface area (Å²) in [5, 5.41) is 9.28. The molecule has 2 aromatic carbocycles. The highest BCUT2D eigenvalue weighted by molar-refractivity contribution is 6.33. The van der Waals surface area contributed by atoms with Crippen molar-refractivity contribution in [2.45, 2.75) is 77.3 Å². The first kappa shape index (κ1) is 43.8. The summed E-state index contributed by atoms with van der Waals surface area (Å²) < 4.78 is 7.29. The molecule has 5 amide bonds. The Morgan fingerprint density at radius 1 is 0.909 bits per heavy atom. The lowest BCUT2D eigenvalue weighted by molar-refractivity contribution is -0.136. The molecule has 1 unspecified atom stereocenters. The van der Waals surface area contributed by atoms with Gasteiger partial charge < -0.3 is 34.6 Å². The van der Waals surface area contributed by atoms with Gasteiger partial charge in [0.05, 0.1) is 22.8 Å². The summed E-state index contributed by atoms with van der Waals surface area (Å²) in [6, 6.07) is 11.7. The smallest absolute Gasteiger partial charge is 0.293 e. The van der Waals surface area contributed by atoms with E-state index in [1.165, 1.54) is 32.7 Å². The molecule has 346 valence electrons. The van der Waals surface area contributed by atoms with Crippen molar-refractivity contribution in [3.05, 3.63) is 75.2 Å². The van der Waals surface area contributed by atoms with E-state index in [1.807, 2.05) is 38.1 Å². The van der Waals surface area contributed by atoms with Gasteiger partial charge in [0.25, 0.3) is 23.3 Å². The van der Waals surface area contributed by atoms with Crippen LogP contribution in [-0.2, 0) is 14.4 Å². The molecule has 5 aliphatic heterocycles. The number of piperidine rings is 3. The van der Waals surface area contributed by atoms with E-state index in [4.69, 9.17) is 21.3 Å². The topological polar surface area (TPSA) is 191 Å². The molecule has 2 aromatic heterocycles. The largest absolute Gasteiger partial charge is 0.478 e. The molecule has 1 aliphatic carbocycles. The Balaban J connectivity index is 0.693. The first-order valence-electron chi connectivity index (χ1n) is 23.1. The lowest BCUT2D eigenvalue weighted by Crippen LogP contribution is -2.67. The van der Waals surface area contributed by atoms with Crippen molar-refractivity contribution in [3.63, 3.8) is 0 Å². The first-order chi connectivity index (χ1) is 31.7. The van der Waals surface area contributed by atoms with Gasteiger partial charge in [-0.05, 0) is 126 Å². The number of amides is 5. The van der Waals surface area contributed by atoms with Crippen molar-refractivity contribution in [2.24, 2.45) is 16.7 Å². The van der Waals surface area contributed by atoms with Crippen LogP contribution in [0.1, 0.15) is 92.0 Å². The zero-order valence-electron chi connectivity index (χ0n) is 37.5. The van der Waals surface area contributed by atoms with E-state index in [-0.39, 0.29) is 48.6 Å². The van der Waals surface area contributed by atoms with Crippen LogP contribution in [0.2, 0.25) is 5.02 Å². The monoisotopic (exact) mass is 918 g/mol. The molecule has 1 saturated carbocycles. The number of likely N-dealkylation sites (N-methyl/N-ethyl adjacent to an activating group) is 1. The number of ether oxygens (including phenoxy) is 1. The van der Waals surface area contributed by atoms with Crippen LogP contribution in [0.25, 0.3) is 10.9 Å². The number of carbonyl (C=O) groups is 5. The van der Waals surface area contributed by atoms with Crippen LogP contribution in [0.5, 0.6) is 5.75 Å². The fraction of sp³-hybridized carbons (Fsp3) is 0.500. The molecule has 2 spiro atoms. The van der Waals surface area contributed by atoms with Crippen LogP contribution in [0.4, 0.5) is 23.1 Å². The molecule has 17 nitrogen and oxygen atoms in total. The molecule has 7 heterocycles. The van der Waals surface area contributed by atoms with Crippen LogP contribution in [0.3, 0.4) is 0 Å². The number of fused-ring (bicyclic) bond motifs is 2. The van der Waals surface area contributed by atoms with Crippen LogP contribution >= 0.6 is 11.6 Å². The normalized spacial score (nSPS) is 21.6. The van der Waals surface area contributed by atoms with Gasteiger partial charge in [-0.1, -0.05) is 11.6 Å². The van der Waals surface area contributed by atoms with E-state index in [2.05, 4.69) is 35.6 Å². The van der Waals surface area contributed by atoms with Gasteiger partial charge in [0, 0.05) is 74.4 Å². The van der Waals surface area contributed by atoms with Gasteiger partial charge in [-0.25, -0.2) is 4.98 Å². The molecule has 1 atom stereocenters. The Morgan fingerprint density at radius 3 is 2.36 bits per heavy atom. The predicted octanol–water partition coefficient (Wildman–Crippen LogP) is 4.89. The van der Waals surface area contributed by atoms with Crippen LogP contribution in [0, 0.1) is 16.7 Å². The van der Waals surface area contributed by atoms with Crippen molar-refractivity contribution < 1.29 is 28.7 Å². The SMILES string of the molecule is CNC(=O)COc1cc2cc(Nc3nc(N4CCC(CN5CCC6(CC5)CC5(CN(c7ccc8c(c7)C(=O)N(C7CCC(=O)NC7=O)C8=O)C5)C6)CC4)ncc3Cl)ccc2n(C(C)C)c1=O. The van der Waals surface area contributed by atoms with Crippen molar-refractivity contribution >= 4 is 75.2 Å². The average molecular weight is 919 g/mol. The summed E-state index contributed by atoms with van der Waals surface area (Å²) in [6.45, 7) is 10.5. The minimum Gasteiger partial charge on any atom is -0.478 e. The first-order valence-corrected chi connectivity index (χ1v) is 23.5. The highest BCUT2D eigenvalue weighted by Gasteiger charge is 2.60. The molecule has 3 N–H and O–H groups in total. The minimum atomic E-state index is -0.965. The van der Waals surface area contributed by atoms with E-state index in [0.717, 1.165) is 85.8 Å². The Hall–Kier alpha value is -6.07. The number of rotatable bonds is 11. The second-order valence-corrected chi connectivity index (χ2v) is 20.0. The summed E-state index contributed by atoms with van der Waals surface area (Å²) in [5.41, 5.74) is 3.44. The van der Waals surface area contributed by atoms with Gasteiger partial charge in [0.15, 0.2) is 18.2 Å². The van der Waals surface area contributed by atoms with Gasteiger partial charge in [-0.15, -0.1) is 0 Å². The highest BCUT2D eigenvalue weighted by Crippen LogP contribution is 2.63. The molecule has 0 radical (unpaired) electrons. The van der Waals surface area contributed by atoms with Crippen molar-refractivity contribution in [2.75, 3.05) is 74.6 Å². The van der Waals surface area contributed by atoms with Gasteiger partial charge in [0.2, 0.25) is 17.8 Å². The zero-order valence-corrected chi connectivity index (χ0v) is 38.3. The maximum atomic E-state index is 13.4. The molecule has 5 fully saturated rings. The standard InChI is InChI=1S/C48H55ClN10O7/c1-28(2)58-36-7-4-31(18-30(36)19-38(45(58)65)66-23-40(61)50-3)52-41-35(49)21-51-46(54-41)56-14-10-29(11-15-56)22-55-16-12-47(13-17-55)24-48(25-47)26-57(27-48)32-5-6-33-34(20-32)44(64)59(43(33)63)37-8-9-39(60)53-42(37)62/h4-7,18-21,28-29,37H,8-17,22-27H2,1-3H3,(H,50,61)(H,51,52,54)(H,53,60,62). The Bertz CT molecular complexity index is 2710. The van der Waals surface area contributed by atoms with E-state index >= 15 is 0 Å². The molecule has 18 heteroatoms. The van der Waals surface area contributed by atoms with Crippen molar-refractivity contribution in [3.8, 4) is 5.75 Å². The maximum Gasteiger partial charge on any atom is 0.293 e. The fourth-order valence-corrected chi connectivity index (χ4v) is 11.7. The third-order valence-corrected chi connectivity index (χ3v) is 15.1.